The van der Waals surface area contributed by atoms with Crippen molar-refractivity contribution < 1.29 is 0 Å². The summed E-state index contributed by atoms with van der Waals surface area (Å²) in [6.07, 6.45) is 0.903. The van der Waals surface area contributed by atoms with Crippen LogP contribution in [0.1, 0.15) is 25.2 Å². The first-order valence-corrected chi connectivity index (χ1v) is 4.51. The Hall–Kier alpha value is -0.770. The average molecular weight is 248 g/mol. The minimum atomic E-state index is 0. The normalized spacial score (nSPS) is 11.6. The third-order valence-corrected chi connectivity index (χ3v) is 2.20. The Balaban J connectivity index is 0.000000980. The van der Waals surface area contributed by atoms with Crippen molar-refractivity contribution in [3.63, 3.8) is 0 Å². The number of nitrogens with two attached hydrogens (primary N) is 1. The summed E-state index contributed by atoms with van der Waals surface area (Å²) >= 11 is 0. The molecule has 0 aliphatic heterocycles. The van der Waals surface area contributed by atoms with E-state index in [9.17, 15) is 0 Å². The maximum absolute atomic E-state index is 5.86. The predicted molar refractivity (Wildman–Crippen MR) is 67.8 cm³/mol. The summed E-state index contributed by atoms with van der Waals surface area (Å²) in [5, 5.41) is 0. The minimum Gasteiger partial charge on any atom is -0.341 e. The summed E-state index contributed by atoms with van der Waals surface area (Å²) in [6, 6.07) is 7.98. The van der Waals surface area contributed by atoms with E-state index < -0.39 is 0 Å². The number of nitrogens with one attached hydrogen (secondary N) is 1. The molecule has 1 atom stereocenters. The second-order valence-electron chi connectivity index (χ2n) is 3.15. The molecule has 1 aromatic carbocycles. The number of fused-ring (bicyclic) bond motifs is 1. The van der Waals surface area contributed by atoms with E-state index in [1.165, 1.54) is 0 Å². The van der Waals surface area contributed by atoms with Gasteiger partial charge in [0.25, 0.3) is 0 Å². The monoisotopic (exact) mass is 247 g/mol. The predicted octanol–water partition coefficient (Wildman–Crippen LogP) is 2.82. The van der Waals surface area contributed by atoms with Crippen molar-refractivity contribution in [2.75, 3.05) is 0 Å². The number of rotatable bonds is 2. The SMILES string of the molecule is CCC(N)c1nc2ccccc2[nH]1.Cl.Cl. The van der Waals surface area contributed by atoms with E-state index >= 15 is 0 Å². The molecular weight excluding hydrogens is 233 g/mol. The molecule has 0 bridgehead atoms. The summed E-state index contributed by atoms with van der Waals surface area (Å²) in [6.45, 7) is 2.05. The van der Waals surface area contributed by atoms with Crippen molar-refractivity contribution in [1.82, 2.24) is 9.97 Å². The Morgan fingerprint density at radius 3 is 2.60 bits per heavy atom. The number of para-hydroxylation sites is 2. The van der Waals surface area contributed by atoms with Gasteiger partial charge >= 0.3 is 0 Å². The molecule has 2 aromatic rings. The highest BCUT2D eigenvalue weighted by Crippen LogP contribution is 2.15. The van der Waals surface area contributed by atoms with Crippen LogP contribution in [0.4, 0.5) is 0 Å². The van der Waals surface area contributed by atoms with Crippen molar-refractivity contribution in [2.24, 2.45) is 5.73 Å². The molecule has 0 spiro atoms. The van der Waals surface area contributed by atoms with Crippen LogP contribution in [0.25, 0.3) is 11.0 Å². The van der Waals surface area contributed by atoms with Crippen molar-refractivity contribution >= 4 is 35.8 Å². The summed E-state index contributed by atoms with van der Waals surface area (Å²) in [5.41, 5.74) is 7.91. The lowest BCUT2D eigenvalue weighted by molar-refractivity contribution is 0.660. The van der Waals surface area contributed by atoms with Gasteiger partial charge in [-0.05, 0) is 18.6 Å². The molecule has 2 rings (SSSR count). The second-order valence-corrected chi connectivity index (χ2v) is 3.15. The Morgan fingerprint density at radius 1 is 1.33 bits per heavy atom. The summed E-state index contributed by atoms with van der Waals surface area (Å²) < 4.78 is 0. The van der Waals surface area contributed by atoms with Crippen molar-refractivity contribution in [3.8, 4) is 0 Å². The molecule has 3 nitrogen and oxygen atoms in total. The quantitative estimate of drug-likeness (QED) is 0.858. The molecule has 84 valence electrons. The fourth-order valence-electron chi connectivity index (χ4n) is 1.34. The van der Waals surface area contributed by atoms with Gasteiger partial charge in [-0.25, -0.2) is 4.98 Å². The van der Waals surface area contributed by atoms with Crippen LogP contribution in [-0.4, -0.2) is 9.97 Å². The lowest BCUT2D eigenvalue weighted by atomic mass is 10.2. The third-order valence-electron chi connectivity index (χ3n) is 2.20. The molecule has 0 aliphatic carbocycles. The van der Waals surface area contributed by atoms with E-state index in [0.717, 1.165) is 23.3 Å². The van der Waals surface area contributed by atoms with Gasteiger partial charge in [0, 0.05) is 0 Å². The van der Waals surface area contributed by atoms with Crippen molar-refractivity contribution in [1.29, 1.82) is 0 Å². The zero-order valence-corrected chi connectivity index (χ0v) is 10.1. The average Bonchev–Trinajstić information content (AvgIpc) is 2.59. The highest BCUT2D eigenvalue weighted by atomic mass is 35.5. The number of benzene rings is 1. The molecule has 0 saturated heterocycles. The molecule has 0 fully saturated rings. The van der Waals surface area contributed by atoms with Gasteiger partial charge < -0.3 is 10.7 Å². The first-order chi connectivity index (χ1) is 6.31. The molecular formula is C10H15Cl2N3. The van der Waals surface area contributed by atoms with E-state index in [2.05, 4.69) is 16.9 Å². The molecule has 0 amide bonds. The van der Waals surface area contributed by atoms with Gasteiger partial charge in [-0.15, -0.1) is 24.8 Å². The number of hydrogen-bond acceptors (Lipinski definition) is 2. The van der Waals surface area contributed by atoms with Crippen LogP contribution in [-0.2, 0) is 0 Å². The molecule has 0 aliphatic rings. The maximum Gasteiger partial charge on any atom is 0.124 e. The fraction of sp³-hybridized carbons (Fsp3) is 0.300. The summed E-state index contributed by atoms with van der Waals surface area (Å²) in [7, 11) is 0. The van der Waals surface area contributed by atoms with Gasteiger partial charge in [0.1, 0.15) is 5.82 Å². The fourth-order valence-corrected chi connectivity index (χ4v) is 1.34. The van der Waals surface area contributed by atoms with Gasteiger partial charge in [-0.2, -0.15) is 0 Å². The second kappa shape index (κ2) is 5.95. The van der Waals surface area contributed by atoms with Crippen LogP contribution in [0, 0.1) is 0 Å². The molecule has 1 aromatic heterocycles. The Bertz CT molecular complexity index is 381. The van der Waals surface area contributed by atoms with Crippen LogP contribution in [0.15, 0.2) is 24.3 Å². The van der Waals surface area contributed by atoms with E-state index in [0.29, 0.717) is 0 Å². The van der Waals surface area contributed by atoms with Crippen LogP contribution >= 0.6 is 24.8 Å². The highest BCUT2D eigenvalue weighted by Gasteiger charge is 2.07. The molecule has 0 saturated carbocycles. The number of nitrogens with zero attached hydrogens (tertiary/aromatic N) is 1. The Morgan fingerprint density at radius 2 is 2.00 bits per heavy atom. The van der Waals surface area contributed by atoms with Crippen LogP contribution in [0.2, 0.25) is 0 Å². The largest absolute Gasteiger partial charge is 0.341 e. The van der Waals surface area contributed by atoms with E-state index in [1.54, 1.807) is 0 Å². The number of aromatic nitrogens is 2. The molecule has 1 unspecified atom stereocenters. The first kappa shape index (κ1) is 14.2. The summed E-state index contributed by atoms with van der Waals surface area (Å²) in [5.74, 6) is 0.878. The molecule has 15 heavy (non-hydrogen) atoms. The third kappa shape index (κ3) is 2.84. The van der Waals surface area contributed by atoms with Gasteiger partial charge in [0.2, 0.25) is 0 Å². The lowest BCUT2D eigenvalue weighted by Gasteiger charge is -2.02. The number of imidazole rings is 1. The maximum atomic E-state index is 5.86. The molecule has 5 heteroatoms. The Labute approximate surface area is 101 Å². The van der Waals surface area contributed by atoms with Gasteiger partial charge in [-0.3, -0.25) is 0 Å². The smallest absolute Gasteiger partial charge is 0.124 e. The number of aromatic amines is 1. The van der Waals surface area contributed by atoms with E-state index in [4.69, 9.17) is 5.73 Å². The molecule has 0 radical (unpaired) electrons. The van der Waals surface area contributed by atoms with Gasteiger partial charge in [0.05, 0.1) is 17.1 Å². The minimum absolute atomic E-state index is 0. The van der Waals surface area contributed by atoms with Crippen molar-refractivity contribution in [2.45, 2.75) is 19.4 Å². The lowest BCUT2D eigenvalue weighted by Crippen LogP contribution is -2.10. The number of hydrogen-bond donors (Lipinski definition) is 2. The van der Waals surface area contributed by atoms with Gasteiger partial charge in [0.15, 0.2) is 0 Å². The standard InChI is InChI=1S/C10H13N3.2ClH/c1-2-7(11)10-12-8-5-3-4-6-9(8)13-10;;/h3-7H,2,11H2,1H3,(H,12,13);2*1H. The zero-order valence-electron chi connectivity index (χ0n) is 8.43. The topological polar surface area (TPSA) is 54.7 Å². The summed E-state index contributed by atoms with van der Waals surface area (Å²) in [4.78, 5) is 7.61. The van der Waals surface area contributed by atoms with Crippen LogP contribution < -0.4 is 5.73 Å². The zero-order chi connectivity index (χ0) is 9.26. The number of halogens is 2. The van der Waals surface area contributed by atoms with Crippen LogP contribution in [0.5, 0.6) is 0 Å². The van der Waals surface area contributed by atoms with Crippen molar-refractivity contribution in [3.05, 3.63) is 30.1 Å². The first-order valence-electron chi connectivity index (χ1n) is 4.51. The number of H-pyrrole nitrogens is 1. The highest BCUT2D eigenvalue weighted by molar-refractivity contribution is 5.85. The molecule has 3 N–H and O–H groups in total. The Kier molecular flexibility index (Phi) is 5.65. The van der Waals surface area contributed by atoms with Crippen LogP contribution in [0.3, 0.4) is 0 Å². The van der Waals surface area contributed by atoms with E-state index in [1.807, 2.05) is 24.3 Å². The molecule has 1 heterocycles. The van der Waals surface area contributed by atoms with E-state index in [-0.39, 0.29) is 30.9 Å². The van der Waals surface area contributed by atoms with Gasteiger partial charge in [-0.1, -0.05) is 19.1 Å².